The fraction of sp³-hybridized carbons (Fsp3) is 0.400. The van der Waals surface area contributed by atoms with Crippen LogP contribution in [0.15, 0.2) is 24.3 Å². The van der Waals surface area contributed by atoms with Gasteiger partial charge in [0.25, 0.3) is 0 Å². The molecule has 64 valence electrons. The fourth-order valence-electron chi connectivity index (χ4n) is 1.66. The van der Waals surface area contributed by atoms with Crippen molar-refractivity contribution in [3.63, 3.8) is 0 Å². The molecular formula is C10H12IN. The summed E-state index contributed by atoms with van der Waals surface area (Å²) in [6.07, 6.45) is 2.61. The van der Waals surface area contributed by atoms with Gasteiger partial charge in [-0.1, -0.05) is 12.1 Å². The maximum atomic E-state index is 3.49. The highest BCUT2D eigenvalue weighted by molar-refractivity contribution is 14.1. The molecule has 0 unspecified atom stereocenters. The van der Waals surface area contributed by atoms with Crippen LogP contribution in [-0.4, -0.2) is 6.54 Å². The standard InChI is InChI=1S/C10H12IN/c11-9-5-3-8(4-6-9)10-2-1-7-12-10/h3-6,10,12H,1-2,7H2/t10-/m1/s1. The molecule has 0 saturated carbocycles. The minimum absolute atomic E-state index is 0.613. The van der Waals surface area contributed by atoms with Crippen LogP contribution in [0.2, 0.25) is 0 Å². The first-order chi connectivity index (χ1) is 5.86. The molecule has 1 heterocycles. The van der Waals surface area contributed by atoms with E-state index < -0.39 is 0 Å². The SMILES string of the molecule is Ic1ccc([C@H]2CCCN2)cc1. The van der Waals surface area contributed by atoms with E-state index in [0.717, 1.165) is 0 Å². The number of hydrogen-bond donors (Lipinski definition) is 1. The van der Waals surface area contributed by atoms with Gasteiger partial charge in [0, 0.05) is 9.61 Å². The molecule has 1 saturated heterocycles. The first kappa shape index (κ1) is 8.51. The summed E-state index contributed by atoms with van der Waals surface area (Å²) >= 11 is 2.34. The second kappa shape index (κ2) is 3.75. The Labute approximate surface area is 86.7 Å². The predicted octanol–water partition coefficient (Wildman–Crippen LogP) is 2.72. The van der Waals surface area contributed by atoms with E-state index in [-0.39, 0.29) is 0 Å². The number of halogens is 1. The molecule has 1 atom stereocenters. The fourth-order valence-corrected chi connectivity index (χ4v) is 2.02. The van der Waals surface area contributed by atoms with Crippen molar-refractivity contribution in [1.29, 1.82) is 0 Å². The molecule has 1 aromatic carbocycles. The molecule has 1 aliphatic rings. The van der Waals surface area contributed by atoms with Gasteiger partial charge >= 0.3 is 0 Å². The number of rotatable bonds is 1. The lowest BCUT2D eigenvalue weighted by Crippen LogP contribution is -2.12. The molecule has 1 aromatic rings. The molecule has 0 amide bonds. The third-order valence-electron chi connectivity index (χ3n) is 2.33. The Morgan fingerprint density at radius 2 is 2.00 bits per heavy atom. The van der Waals surface area contributed by atoms with E-state index in [1.54, 1.807) is 0 Å². The van der Waals surface area contributed by atoms with Crippen molar-refractivity contribution in [1.82, 2.24) is 5.32 Å². The minimum atomic E-state index is 0.613. The molecule has 2 rings (SSSR count). The Hall–Kier alpha value is -0.0900. The molecule has 0 aromatic heterocycles. The van der Waals surface area contributed by atoms with Crippen LogP contribution in [-0.2, 0) is 0 Å². The monoisotopic (exact) mass is 273 g/mol. The predicted molar refractivity (Wildman–Crippen MR) is 59.1 cm³/mol. The maximum Gasteiger partial charge on any atom is 0.0320 e. The molecular weight excluding hydrogens is 261 g/mol. The summed E-state index contributed by atoms with van der Waals surface area (Å²) in [5.74, 6) is 0. The van der Waals surface area contributed by atoms with Crippen LogP contribution < -0.4 is 5.32 Å². The highest BCUT2D eigenvalue weighted by Crippen LogP contribution is 2.23. The van der Waals surface area contributed by atoms with Crippen LogP contribution in [0.4, 0.5) is 0 Å². The molecule has 0 bridgehead atoms. The van der Waals surface area contributed by atoms with E-state index in [2.05, 4.69) is 52.2 Å². The molecule has 0 radical (unpaired) electrons. The minimum Gasteiger partial charge on any atom is -0.310 e. The van der Waals surface area contributed by atoms with E-state index in [1.807, 2.05) is 0 Å². The second-order valence-electron chi connectivity index (χ2n) is 3.20. The van der Waals surface area contributed by atoms with Gasteiger partial charge in [-0.2, -0.15) is 0 Å². The highest BCUT2D eigenvalue weighted by Gasteiger charge is 2.14. The van der Waals surface area contributed by atoms with Gasteiger partial charge in [-0.25, -0.2) is 0 Å². The summed E-state index contributed by atoms with van der Waals surface area (Å²) < 4.78 is 1.31. The van der Waals surface area contributed by atoms with Crippen LogP contribution in [0.25, 0.3) is 0 Å². The lowest BCUT2D eigenvalue weighted by molar-refractivity contribution is 0.647. The number of hydrogen-bond acceptors (Lipinski definition) is 1. The molecule has 1 fully saturated rings. The van der Waals surface area contributed by atoms with Crippen LogP contribution in [0, 0.1) is 3.57 Å². The van der Waals surface area contributed by atoms with Gasteiger partial charge in [0.05, 0.1) is 0 Å². The van der Waals surface area contributed by atoms with E-state index in [4.69, 9.17) is 0 Å². The molecule has 0 spiro atoms. The van der Waals surface area contributed by atoms with Gasteiger partial charge in [-0.05, 0) is 59.7 Å². The van der Waals surface area contributed by atoms with Crippen molar-refractivity contribution < 1.29 is 0 Å². The van der Waals surface area contributed by atoms with Crippen molar-refractivity contribution in [3.8, 4) is 0 Å². The highest BCUT2D eigenvalue weighted by atomic mass is 127. The Kier molecular flexibility index (Phi) is 2.66. The van der Waals surface area contributed by atoms with Crippen molar-refractivity contribution in [2.45, 2.75) is 18.9 Å². The van der Waals surface area contributed by atoms with E-state index in [0.29, 0.717) is 6.04 Å². The third-order valence-corrected chi connectivity index (χ3v) is 3.05. The average Bonchev–Trinajstić information content (AvgIpc) is 2.58. The van der Waals surface area contributed by atoms with Crippen LogP contribution in [0.1, 0.15) is 24.4 Å². The molecule has 0 aliphatic carbocycles. The Morgan fingerprint density at radius 1 is 1.25 bits per heavy atom. The van der Waals surface area contributed by atoms with Gasteiger partial charge in [-0.15, -0.1) is 0 Å². The van der Waals surface area contributed by atoms with Gasteiger partial charge in [0.15, 0.2) is 0 Å². The summed E-state index contributed by atoms with van der Waals surface area (Å²) in [5.41, 5.74) is 1.44. The quantitative estimate of drug-likeness (QED) is 0.776. The first-order valence-electron chi connectivity index (χ1n) is 4.35. The largest absolute Gasteiger partial charge is 0.310 e. The molecule has 1 nitrogen and oxygen atoms in total. The summed E-state index contributed by atoms with van der Waals surface area (Å²) in [6, 6.07) is 9.42. The van der Waals surface area contributed by atoms with Crippen molar-refractivity contribution >= 4 is 22.6 Å². The van der Waals surface area contributed by atoms with E-state index >= 15 is 0 Å². The zero-order valence-corrected chi connectivity index (χ0v) is 9.04. The molecule has 1 aliphatic heterocycles. The smallest absolute Gasteiger partial charge is 0.0320 e. The van der Waals surface area contributed by atoms with Gasteiger partial charge in [0.2, 0.25) is 0 Å². The summed E-state index contributed by atoms with van der Waals surface area (Å²) in [6.45, 7) is 1.18. The maximum absolute atomic E-state index is 3.49. The zero-order chi connectivity index (χ0) is 8.39. The lowest BCUT2D eigenvalue weighted by atomic mass is 10.1. The Bertz CT molecular complexity index is 249. The average molecular weight is 273 g/mol. The van der Waals surface area contributed by atoms with Crippen molar-refractivity contribution in [2.24, 2.45) is 0 Å². The van der Waals surface area contributed by atoms with E-state index in [1.165, 1.54) is 28.5 Å². The van der Waals surface area contributed by atoms with Crippen LogP contribution in [0.3, 0.4) is 0 Å². The summed E-state index contributed by atoms with van der Waals surface area (Å²) in [7, 11) is 0. The zero-order valence-electron chi connectivity index (χ0n) is 6.89. The summed E-state index contributed by atoms with van der Waals surface area (Å²) in [4.78, 5) is 0. The Morgan fingerprint density at radius 3 is 2.58 bits per heavy atom. The van der Waals surface area contributed by atoms with Crippen molar-refractivity contribution in [2.75, 3.05) is 6.54 Å². The normalized spacial score (nSPS) is 22.9. The van der Waals surface area contributed by atoms with Crippen LogP contribution >= 0.6 is 22.6 Å². The third kappa shape index (κ3) is 1.80. The molecule has 12 heavy (non-hydrogen) atoms. The summed E-state index contributed by atoms with van der Waals surface area (Å²) in [5, 5.41) is 3.49. The first-order valence-corrected chi connectivity index (χ1v) is 5.43. The number of benzene rings is 1. The van der Waals surface area contributed by atoms with Gasteiger partial charge in [-0.3, -0.25) is 0 Å². The van der Waals surface area contributed by atoms with E-state index in [9.17, 15) is 0 Å². The molecule has 2 heteroatoms. The molecule has 1 N–H and O–H groups in total. The number of nitrogens with one attached hydrogen (secondary N) is 1. The van der Waals surface area contributed by atoms with Gasteiger partial charge < -0.3 is 5.32 Å². The van der Waals surface area contributed by atoms with Gasteiger partial charge in [0.1, 0.15) is 0 Å². The van der Waals surface area contributed by atoms with Crippen molar-refractivity contribution in [3.05, 3.63) is 33.4 Å². The van der Waals surface area contributed by atoms with Crippen LogP contribution in [0.5, 0.6) is 0 Å². The topological polar surface area (TPSA) is 12.0 Å². The Balaban J connectivity index is 2.17. The second-order valence-corrected chi connectivity index (χ2v) is 4.45. The lowest BCUT2D eigenvalue weighted by Gasteiger charge is -2.09.